The maximum atomic E-state index is 12.1. The van der Waals surface area contributed by atoms with Crippen LogP contribution in [0.15, 0.2) is 43.0 Å². The predicted molar refractivity (Wildman–Crippen MR) is 81.3 cm³/mol. The monoisotopic (exact) mass is 301 g/mol. The summed E-state index contributed by atoms with van der Waals surface area (Å²) in [7, 11) is 1.33. The third kappa shape index (κ3) is 4.44. The van der Waals surface area contributed by atoms with Gasteiger partial charge in [0, 0.05) is 30.5 Å². The van der Waals surface area contributed by atoms with Crippen molar-refractivity contribution in [3.63, 3.8) is 0 Å². The van der Waals surface area contributed by atoms with Crippen molar-refractivity contribution in [2.75, 3.05) is 7.11 Å². The zero-order valence-corrected chi connectivity index (χ0v) is 12.7. The smallest absolute Gasteiger partial charge is 0.307 e. The second-order valence-corrected chi connectivity index (χ2v) is 5.09. The molecule has 2 aromatic rings. The molecule has 0 bridgehead atoms. The fraction of sp³-hybridized carbons (Fsp3) is 0.312. The molecule has 116 valence electrons. The molecule has 0 aliphatic carbocycles. The van der Waals surface area contributed by atoms with Gasteiger partial charge in [0.25, 0.3) is 5.91 Å². The minimum atomic E-state index is -0.344. The Balaban J connectivity index is 1.92. The first-order valence-corrected chi connectivity index (χ1v) is 7.01. The van der Waals surface area contributed by atoms with E-state index in [9.17, 15) is 9.59 Å². The van der Waals surface area contributed by atoms with Gasteiger partial charge in [-0.25, -0.2) is 4.98 Å². The first-order chi connectivity index (χ1) is 10.6. The van der Waals surface area contributed by atoms with Gasteiger partial charge in [-0.2, -0.15) is 0 Å². The van der Waals surface area contributed by atoms with Crippen LogP contribution >= 0.6 is 0 Å². The number of methoxy groups -OCH3 is 1. The summed E-state index contributed by atoms with van der Waals surface area (Å²) < 4.78 is 6.53. The van der Waals surface area contributed by atoms with Crippen molar-refractivity contribution in [1.29, 1.82) is 0 Å². The number of nitrogens with one attached hydrogen (secondary N) is 1. The SMILES string of the molecule is COC(=O)C[C@@H](C)NC(=O)c1ccc(Cn2ccnc2)cc1. The third-order valence-electron chi connectivity index (χ3n) is 3.22. The molecule has 0 aliphatic heterocycles. The molecule has 0 fully saturated rings. The molecular formula is C16H19N3O3. The molecule has 1 N–H and O–H groups in total. The van der Waals surface area contributed by atoms with E-state index in [1.54, 1.807) is 31.6 Å². The molecule has 1 heterocycles. The molecule has 1 atom stereocenters. The Morgan fingerprint density at radius 3 is 2.64 bits per heavy atom. The average molecular weight is 301 g/mol. The molecule has 0 unspecified atom stereocenters. The van der Waals surface area contributed by atoms with Crippen LogP contribution in [0.5, 0.6) is 0 Å². The normalized spacial score (nSPS) is 11.7. The molecular weight excluding hydrogens is 282 g/mol. The number of amides is 1. The molecule has 22 heavy (non-hydrogen) atoms. The fourth-order valence-electron chi connectivity index (χ4n) is 2.04. The Morgan fingerprint density at radius 1 is 1.32 bits per heavy atom. The fourth-order valence-corrected chi connectivity index (χ4v) is 2.04. The van der Waals surface area contributed by atoms with Gasteiger partial charge >= 0.3 is 5.97 Å². The van der Waals surface area contributed by atoms with Gasteiger partial charge in [0.1, 0.15) is 0 Å². The van der Waals surface area contributed by atoms with E-state index in [4.69, 9.17) is 0 Å². The molecule has 2 rings (SSSR count). The van der Waals surface area contributed by atoms with Crippen LogP contribution in [-0.4, -0.2) is 34.6 Å². The molecule has 1 aromatic heterocycles. The van der Waals surface area contributed by atoms with Crippen LogP contribution in [0, 0.1) is 0 Å². The minimum absolute atomic E-state index is 0.154. The molecule has 0 saturated carbocycles. The summed E-state index contributed by atoms with van der Waals surface area (Å²) in [4.78, 5) is 27.2. The van der Waals surface area contributed by atoms with Crippen molar-refractivity contribution in [1.82, 2.24) is 14.9 Å². The lowest BCUT2D eigenvalue weighted by Crippen LogP contribution is -2.34. The molecule has 1 amide bonds. The number of aromatic nitrogens is 2. The summed E-state index contributed by atoms with van der Waals surface area (Å²) in [5.74, 6) is -0.547. The molecule has 6 heteroatoms. The molecule has 6 nitrogen and oxygen atoms in total. The maximum absolute atomic E-state index is 12.1. The summed E-state index contributed by atoms with van der Waals surface area (Å²) in [6.45, 7) is 2.48. The highest BCUT2D eigenvalue weighted by Gasteiger charge is 2.13. The number of nitrogens with zero attached hydrogens (tertiary/aromatic N) is 2. The number of benzene rings is 1. The van der Waals surface area contributed by atoms with Crippen LogP contribution in [0.25, 0.3) is 0 Å². The Bertz CT molecular complexity index is 621. The topological polar surface area (TPSA) is 73.2 Å². The Hall–Kier alpha value is -2.63. The highest BCUT2D eigenvalue weighted by atomic mass is 16.5. The molecule has 0 spiro atoms. The zero-order chi connectivity index (χ0) is 15.9. The third-order valence-corrected chi connectivity index (χ3v) is 3.22. The molecule has 0 radical (unpaired) electrons. The minimum Gasteiger partial charge on any atom is -0.469 e. The summed E-state index contributed by atoms with van der Waals surface area (Å²) in [5.41, 5.74) is 1.64. The van der Waals surface area contributed by atoms with Crippen LogP contribution < -0.4 is 5.32 Å². The van der Waals surface area contributed by atoms with Crippen molar-refractivity contribution in [2.24, 2.45) is 0 Å². The second kappa shape index (κ2) is 7.40. The van der Waals surface area contributed by atoms with Crippen molar-refractivity contribution in [2.45, 2.75) is 25.9 Å². The largest absolute Gasteiger partial charge is 0.469 e. The number of hydrogen-bond acceptors (Lipinski definition) is 4. The Kier molecular flexibility index (Phi) is 5.30. The standard InChI is InChI=1S/C16H19N3O3/c1-12(9-15(20)22-2)18-16(21)14-5-3-13(4-6-14)10-19-8-7-17-11-19/h3-8,11-12H,9-10H2,1-2H3,(H,18,21)/t12-/m1/s1. The Labute approximate surface area is 129 Å². The van der Waals surface area contributed by atoms with Gasteiger partial charge in [-0.3, -0.25) is 9.59 Å². The lowest BCUT2D eigenvalue weighted by molar-refractivity contribution is -0.141. The van der Waals surface area contributed by atoms with Crippen molar-refractivity contribution in [3.05, 3.63) is 54.1 Å². The van der Waals surface area contributed by atoms with E-state index in [-0.39, 0.29) is 24.3 Å². The summed E-state index contributed by atoms with van der Waals surface area (Å²) >= 11 is 0. The van der Waals surface area contributed by atoms with E-state index in [0.717, 1.165) is 5.56 Å². The molecule has 0 saturated heterocycles. The number of esters is 1. The predicted octanol–water partition coefficient (Wildman–Crippen LogP) is 1.61. The van der Waals surface area contributed by atoms with Gasteiger partial charge in [0.2, 0.25) is 0 Å². The van der Waals surface area contributed by atoms with Gasteiger partial charge < -0.3 is 14.6 Å². The van der Waals surface area contributed by atoms with Crippen molar-refractivity contribution >= 4 is 11.9 Å². The van der Waals surface area contributed by atoms with Gasteiger partial charge in [-0.05, 0) is 24.6 Å². The lowest BCUT2D eigenvalue weighted by Gasteiger charge is -2.12. The van der Waals surface area contributed by atoms with Gasteiger partial charge in [-0.1, -0.05) is 12.1 Å². The maximum Gasteiger partial charge on any atom is 0.307 e. The average Bonchev–Trinajstić information content (AvgIpc) is 3.00. The van der Waals surface area contributed by atoms with E-state index in [1.165, 1.54) is 7.11 Å². The summed E-state index contributed by atoms with van der Waals surface area (Å²) in [5, 5.41) is 2.77. The van der Waals surface area contributed by atoms with Gasteiger partial charge in [0.05, 0.1) is 19.9 Å². The number of rotatable bonds is 6. The van der Waals surface area contributed by atoms with E-state index in [0.29, 0.717) is 12.1 Å². The van der Waals surface area contributed by atoms with E-state index >= 15 is 0 Å². The van der Waals surface area contributed by atoms with Crippen molar-refractivity contribution in [3.8, 4) is 0 Å². The van der Waals surface area contributed by atoms with Gasteiger partial charge in [0.15, 0.2) is 0 Å². The number of hydrogen-bond donors (Lipinski definition) is 1. The summed E-state index contributed by atoms with van der Waals surface area (Å²) in [6.07, 6.45) is 5.51. The Morgan fingerprint density at radius 2 is 2.05 bits per heavy atom. The number of imidazole rings is 1. The first kappa shape index (κ1) is 15.8. The highest BCUT2D eigenvalue weighted by molar-refractivity contribution is 5.94. The lowest BCUT2D eigenvalue weighted by atomic mass is 10.1. The summed E-state index contributed by atoms with van der Waals surface area (Å²) in [6, 6.07) is 7.07. The van der Waals surface area contributed by atoms with E-state index in [1.807, 2.05) is 22.9 Å². The molecule has 1 aromatic carbocycles. The number of ether oxygens (including phenoxy) is 1. The zero-order valence-electron chi connectivity index (χ0n) is 12.7. The van der Waals surface area contributed by atoms with Crippen LogP contribution in [-0.2, 0) is 16.1 Å². The highest BCUT2D eigenvalue weighted by Crippen LogP contribution is 2.07. The van der Waals surface area contributed by atoms with E-state index in [2.05, 4.69) is 15.0 Å². The quantitative estimate of drug-likeness (QED) is 0.823. The van der Waals surface area contributed by atoms with Gasteiger partial charge in [-0.15, -0.1) is 0 Å². The number of carbonyl (C=O) groups excluding carboxylic acids is 2. The second-order valence-electron chi connectivity index (χ2n) is 5.09. The van der Waals surface area contributed by atoms with Crippen LogP contribution in [0.1, 0.15) is 29.3 Å². The van der Waals surface area contributed by atoms with Crippen LogP contribution in [0.4, 0.5) is 0 Å². The van der Waals surface area contributed by atoms with E-state index < -0.39 is 0 Å². The van der Waals surface area contributed by atoms with Crippen LogP contribution in [0.3, 0.4) is 0 Å². The molecule has 0 aliphatic rings. The van der Waals surface area contributed by atoms with Crippen molar-refractivity contribution < 1.29 is 14.3 Å². The first-order valence-electron chi connectivity index (χ1n) is 7.01. The van der Waals surface area contributed by atoms with Crippen LogP contribution in [0.2, 0.25) is 0 Å². The number of carbonyl (C=O) groups is 2.